The number of nitrogens with zero attached hydrogens (tertiary/aromatic N) is 2. The van der Waals surface area contributed by atoms with Crippen LogP contribution in [0, 0.1) is 15.9 Å². The van der Waals surface area contributed by atoms with Crippen LogP contribution in [0.4, 0.5) is 10.1 Å². The molecule has 0 unspecified atom stereocenters. The lowest BCUT2D eigenvalue weighted by atomic mass is 10.0. The second kappa shape index (κ2) is 8.38. The van der Waals surface area contributed by atoms with Gasteiger partial charge in [-0.1, -0.05) is 24.3 Å². The van der Waals surface area contributed by atoms with Gasteiger partial charge >= 0.3 is 0 Å². The molecule has 0 bridgehead atoms. The first kappa shape index (κ1) is 20.9. The van der Waals surface area contributed by atoms with Crippen molar-refractivity contribution >= 4 is 23.3 Å². The summed E-state index contributed by atoms with van der Waals surface area (Å²) in [5.74, 6) is -2.51. The predicted octanol–water partition coefficient (Wildman–Crippen LogP) is 3.64. The lowest BCUT2D eigenvalue weighted by molar-refractivity contribution is -0.384. The minimum absolute atomic E-state index is 0.0273. The maximum Gasteiger partial charge on any atom is 0.270 e. The molecule has 0 saturated carbocycles. The highest BCUT2D eigenvalue weighted by molar-refractivity contribution is 6.21. The third-order valence-corrected chi connectivity index (χ3v) is 4.99. The molecular weight excluding hydrogens is 419 g/mol. The summed E-state index contributed by atoms with van der Waals surface area (Å²) in [5.41, 5.74) is -0.242. The van der Waals surface area contributed by atoms with Gasteiger partial charge < -0.3 is 4.74 Å². The molecule has 0 radical (unpaired) electrons. The monoisotopic (exact) mass is 434 g/mol. The molecule has 1 heterocycles. The lowest BCUT2D eigenvalue weighted by Crippen LogP contribution is -2.33. The minimum atomic E-state index is -0.789. The van der Waals surface area contributed by atoms with Crippen LogP contribution in [0.5, 0.6) is 5.75 Å². The van der Waals surface area contributed by atoms with E-state index in [1.807, 2.05) is 0 Å². The summed E-state index contributed by atoms with van der Waals surface area (Å²) in [4.78, 5) is 49.3. The number of nitro groups is 1. The Labute approximate surface area is 181 Å². The van der Waals surface area contributed by atoms with Gasteiger partial charge in [-0.05, 0) is 30.3 Å². The number of hydrogen-bond acceptors (Lipinski definition) is 6. The van der Waals surface area contributed by atoms with E-state index in [0.717, 1.165) is 23.1 Å². The van der Waals surface area contributed by atoms with E-state index in [-0.39, 0.29) is 35.7 Å². The van der Waals surface area contributed by atoms with Crippen LogP contribution in [0.25, 0.3) is 0 Å². The smallest absolute Gasteiger partial charge is 0.270 e. The van der Waals surface area contributed by atoms with Crippen molar-refractivity contribution in [2.24, 2.45) is 0 Å². The summed E-state index contributed by atoms with van der Waals surface area (Å²) < 4.78 is 19.7. The highest BCUT2D eigenvalue weighted by Gasteiger charge is 2.34. The Morgan fingerprint density at radius 2 is 1.56 bits per heavy atom. The molecule has 160 valence electrons. The number of carbonyl (C=O) groups excluding carboxylic acids is 3. The third-order valence-electron chi connectivity index (χ3n) is 4.99. The van der Waals surface area contributed by atoms with Crippen LogP contribution in [-0.2, 0) is 0 Å². The number of ketones is 1. The van der Waals surface area contributed by atoms with E-state index in [0.29, 0.717) is 11.1 Å². The molecule has 3 aromatic carbocycles. The maximum absolute atomic E-state index is 14.1. The number of amides is 2. The first-order chi connectivity index (χ1) is 15.4. The molecule has 0 saturated heterocycles. The molecule has 0 atom stereocenters. The predicted molar refractivity (Wildman–Crippen MR) is 110 cm³/mol. The van der Waals surface area contributed by atoms with Gasteiger partial charge in [-0.3, -0.25) is 29.4 Å². The Bertz CT molecular complexity index is 1240. The van der Waals surface area contributed by atoms with Crippen molar-refractivity contribution in [3.8, 4) is 5.75 Å². The molecule has 0 fully saturated rings. The summed E-state index contributed by atoms with van der Waals surface area (Å²) in [7, 11) is 0. The van der Waals surface area contributed by atoms with Crippen LogP contribution in [0.15, 0.2) is 66.7 Å². The van der Waals surface area contributed by atoms with Crippen LogP contribution in [0.3, 0.4) is 0 Å². The quantitative estimate of drug-likeness (QED) is 0.243. The summed E-state index contributed by atoms with van der Waals surface area (Å²) in [5, 5.41) is 11.2. The van der Waals surface area contributed by atoms with Crippen molar-refractivity contribution in [1.82, 2.24) is 4.90 Å². The zero-order valence-corrected chi connectivity index (χ0v) is 16.5. The van der Waals surface area contributed by atoms with E-state index in [2.05, 4.69) is 0 Å². The Balaban J connectivity index is 1.56. The normalized spacial score (nSPS) is 12.6. The summed E-state index contributed by atoms with van der Waals surface area (Å²) >= 11 is 0. The van der Waals surface area contributed by atoms with Gasteiger partial charge in [0.15, 0.2) is 5.78 Å². The Morgan fingerprint density at radius 1 is 0.938 bits per heavy atom. The average molecular weight is 434 g/mol. The molecule has 2 amide bonds. The van der Waals surface area contributed by atoms with Crippen molar-refractivity contribution in [3.05, 3.63) is 105 Å². The highest BCUT2D eigenvalue weighted by Crippen LogP contribution is 2.28. The Hall–Kier alpha value is -4.40. The van der Waals surface area contributed by atoms with Gasteiger partial charge in [0.05, 0.1) is 33.7 Å². The van der Waals surface area contributed by atoms with Gasteiger partial charge in [0.1, 0.15) is 18.2 Å². The maximum atomic E-state index is 14.1. The number of non-ortho nitro benzene ring substituents is 1. The Morgan fingerprint density at radius 3 is 2.19 bits per heavy atom. The number of rotatable bonds is 7. The number of carbonyl (C=O) groups is 3. The zero-order chi connectivity index (χ0) is 22.8. The number of hydrogen-bond donors (Lipinski definition) is 0. The fourth-order valence-corrected chi connectivity index (χ4v) is 3.41. The SMILES string of the molecule is O=C(c1ccccc1F)c1cc([N+](=O)[O-])ccc1OCCN1C(=O)c2ccccc2C1=O. The number of benzene rings is 3. The second-order valence-corrected chi connectivity index (χ2v) is 6.90. The van der Waals surface area contributed by atoms with E-state index in [1.165, 1.54) is 24.3 Å². The molecule has 0 aliphatic carbocycles. The fraction of sp³-hybridized carbons (Fsp3) is 0.0870. The van der Waals surface area contributed by atoms with Gasteiger partial charge in [0.25, 0.3) is 17.5 Å². The van der Waals surface area contributed by atoms with E-state index in [4.69, 9.17) is 4.74 Å². The van der Waals surface area contributed by atoms with E-state index in [9.17, 15) is 28.9 Å². The van der Waals surface area contributed by atoms with Crippen LogP contribution in [0.2, 0.25) is 0 Å². The minimum Gasteiger partial charge on any atom is -0.491 e. The van der Waals surface area contributed by atoms with E-state index < -0.39 is 28.3 Å². The topological polar surface area (TPSA) is 107 Å². The second-order valence-electron chi connectivity index (χ2n) is 6.90. The standard InChI is InChI=1S/C23H15FN2O6/c24-19-8-4-3-7-17(19)21(27)18-13-14(26(30)31)9-10-20(18)32-12-11-25-22(28)15-5-1-2-6-16(15)23(25)29/h1-10,13H,11-12H2. The van der Waals surface area contributed by atoms with Crippen LogP contribution in [-0.4, -0.2) is 40.6 Å². The first-order valence-corrected chi connectivity index (χ1v) is 9.54. The summed E-state index contributed by atoms with van der Waals surface area (Å²) in [6.45, 7) is -0.266. The molecule has 8 nitrogen and oxygen atoms in total. The molecule has 32 heavy (non-hydrogen) atoms. The van der Waals surface area contributed by atoms with E-state index in [1.54, 1.807) is 24.3 Å². The van der Waals surface area contributed by atoms with Crippen molar-refractivity contribution in [3.63, 3.8) is 0 Å². The molecular formula is C23H15FN2O6. The molecule has 1 aliphatic heterocycles. The number of ether oxygens (including phenoxy) is 1. The van der Waals surface area contributed by atoms with Gasteiger partial charge in [-0.15, -0.1) is 0 Å². The number of fused-ring (bicyclic) bond motifs is 1. The molecule has 9 heteroatoms. The zero-order valence-electron chi connectivity index (χ0n) is 16.5. The van der Waals surface area contributed by atoms with Crippen molar-refractivity contribution in [1.29, 1.82) is 0 Å². The van der Waals surface area contributed by atoms with Gasteiger partial charge in [-0.25, -0.2) is 4.39 Å². The molecule has 0 spiro atoms. The number of halogens is 1. The highest BCUT2D eigenvalue weighted by atomic mass is 19.1. The molecule has 3 aromatic rings. The van der Waals surface area contributed by atoms with Gasteiger partial charge in [0, 0.05) is 12.1 Å². The fourth-order valence-electron chi connectivity index (χ4n) is 3.41. The van der Waals surface area contributed by atoms with Crippen molar-refractivity contribution in [2.75, 3.05) is 13.2 Å². The largest absolute Gasteiger partial charge is 0.491 e. The summed E-state index contributed by atoms with van der Waals surface area (Å²) in [6.07, 6.45) is 0. The first-order valence-electron chi connectivity index (χ1n) is 9.54. The van der Waals surface area contributed by atoms with Gasteiger partial charge in [0.2, 0.25) is 0 Å². The van der Waals surface area contributed by atoms with Crippen LogP contribution in [0.1, 0.15) is 36.6 Å². The summed E-state index contributed by atoms with van der Waals surface area (Å²) in [6, 6.07) is 15.1. The van der Waals surface area contributed by atoms with Crippen LogP contribution >= 0.6 is 0 Å². The number of imide groups is 1. The molecule has 4 rings (SSSR count). The average Bonchev–Trinajstić information content (AvgIpc) is 3.04. The van der Waals surface area contributed by atoms with Crippen molar-refractivity contribution < 1.29 is 28.4 Å². The molecule has 1 aliphatic rings. The van der Waals surface area contributed by atoms with Crippen molar-refractivity contribution in [2.45, 2.75) is 0 Å². The number of nitro benzene ring substituents is 1. The molecule has 0 N–H and O–H groups in total. The third kappa shape index (κ3) is 3.71. The van der Waals surface area contributed by atoms with Crippen LogP contribution < -0.4 is 4.74 Å². The lowest BCUT2D eigenvalue weighted by Gasteiger charge is -2.16. The van der Waals surface area contributed by atoms with E-state index >= 15 is 0 Å². The molecule has 0 aromatic heterocycles. The Kier molecular flexibility index (Phi) is 5.46. The van der Waals surface area contributed by atoms with Gasteiger partial charge in [-0.2, -0.15) is 0 Å².